The highest BCUT2D eigenvalue weighted by Crippen LogP contribution is 2.20. The Morgan fingerprint density at radius 3 is 2.95 bits per heavy atom. The van der Waals surface area contributed by atoms with E-state index in [1.165, 1.54) is 6.07 Å². The molecule has 0 aliphatic heterocycles. The number of fused-ring (bicyclic) bond motifs is 1. The molecule has 0 saturated carbocycles. The maximum Gasteiger partial charge on any atom is 0.139 e. The van der Waals surface area contributed by atoms with E-state index in [4.69, 9.17) is 0 Å². The van der Waals surface area contributed by atoms with E-state index < -0.39 is 0 Å². The van der Waals surface area contributed by atoms with Crippen molar-refractivity contribution in [3.8, 4) is 0 Å². The fraction of sp³-hybridized carbons (Fsp3) is 0.133. The second kappa shape index (κ2) is 5.25. The predicted octanol–water partition coefficient (Wildman–Crippen LogP) is 4.16. The number of hydrogen-bond donors (Lipinski definition) is 1. The quantitative estimate of drug-likeness (QED) is 0.779. The van der Waals surface area contributed by atoms with Crippen LogP contribution in [0.5, 0.6) is 0 Å². The molecule has 0 unspecified atom stereocenters. The second-order valence-corrected chi connectivity index (χ2v) is 5.41. The van der Waals surface area contributed by atoms with Crippen molar-refractivity contribution in [2.75, 3.05) is 5.32 Å². The normalized spacial score (nSPS) is 10.9. The van der Waals surface area contributed by atoms with Crippen LogP contribution < -0.4 is 5.32 Å². The smallest absolute Gasteiger partial charge is 0.139 e. The van der Waals surface area contributed by atoms with Crippen LogP contribution in [0.2, 0.25) is 0 Å². The van der Waals surface area contributed by atoms with Gasteiger partial charge in [-0.15, -0.1) is 0 Å². The number of hydrogen-bond acceptors (Lipinski definition) is 2. The summed E-state index contributed by atoms with van der Waals surface area (Å²) in [5, 5.41) is 3.23. The Bertz CT molecular complexity index is 767. The highest BCUT2D eigenvalue weighted by Gasteiger charge is 2.08. The lowest BCUT2D eigenvalue weighted by molar-refractivity contribution is 0.621. The highest BCUT2D eigenvalue weighted by atomic mass is 79.9. The first-order valence-electron chi connectivity index (χ1n) is 6.26. The van der Waals surface area contributed by atoms with Gasteiger partial charge in [0.25, 0.3) is 0 Å². The van der Waals surface area contributed by atoms with E-state index in [9.17, 15) is 4.39 Å². The minimum Gasteiger partial charge on any atom is -0.379 e. The van der Waals surface area contributed by atoms with Crippen molar-refractivity contribution in [3.05, 3.63) is 64.3 Å². The van der Waals surface area contributed by atoms with Crippen LogP contribution in [0.15, 0.2) is 47.1 Å². The van der Waals surface area contributed by atoms with Gasteiger partial charge in [0.15, 0.2) is 0 Å². The summed E-state index contributed by atoms with van der Waals surface area (Å²) in [5.41, 5.74) is 3.71. The molecule has 0 saturated heterocycles. The lowest BCUT2D eigenvalue weighted by Crippen LogP contribution is -2.04. The molecular weight excluding hydrogens is 321 g/mol. The number of nitrogens with zero attached hydrogens (tertiary/aromatic N) is 2. The maximum atomic E-state index is 13.5. The molecule has 102 valence electrons. The standard InChI is InChI=1S/C15H13BrFN3/c1-10-14(20-7-3-2-4-15(20)19-10)9-18-11-5-6-12(16)13(17)8-11/h2-8,18H,9H2,1H3. The van der Waals surface area contributed by atoms with Crippen LogP contribution in [0.4, 0.5) is 10.1 Å². The Balaban J connectivity index is 1.86. The lowest BCUT2D eigenvalue weighted by Gasteiger charge is -2.08. The number of pyridine rings is 1. The van der Waals surface area contributed by atoms with Crippen molar-refractivity contribution in [1.82, 2.24) is 9.38 Å². The van der Waals surface area contributed by atoms with Gasteiger partial charge < -0.3 is 9.72 Å². The van der Waals surface area contributed by atoms with Gasteiger partial charge >= 0.3 is 0 Å². The molecule has 0 bridgehead atoms. The predicted molar refractivity (Wildman–Crippen MR) is 81.4 cm³/mol. The molecule has 1 N–H and O–H groups in total. The van der Waals surface area contributed by atoms with Crippen LogP contribution in [-0.4, -0.2) is 9.38 Å². The number of benzene rings is 1. The van der Waals surface area contributed by atoms with Gasteiger partial charge in [-0.25, -0.2) is 9.37 Å². The number of rotatable bonds is 3. The maximum absolute atomic E-state index is 13.5. The number of imidazole rings is 1. The SMILES string of the molecule is Cc1nc2ccccn2c1CNc1ccc(Br)c(F)c1. The van der Waals surface area contributed by atoms with Crippen molar-refractivity contribution >= 4 is 27.3 Å². The molecule has 3 rings (SSSR count). The molecule has 0 aliphatic carbocycles. The van der Waals surface area contributed by atoms with Gasteiger partial charge in [0.05, 0.1) is 22.4 Å². The van der Waals surface area contributed by atoms with E-state index in [-0.39, 0.29) is 5.82 Å². The Morgan fingerprint density at radius 1 is 1.30 bits per heavy atom. The molecule has 0 spiro atoms. The van der Waals surface area contributed by atoms with E-state index in [1.54, 1.807) is 6.07 Å². The summed E-state index contributed by atoms with van der Waals surface area (Å²) in [5.74, 6) is -0.273. The van der Waals surface area contributed by atoms with E-state index in [0.29, 0.717) is 11.0 Å². The number of halogens is 2. The molecule has 0 amide bonds. The van der Waals surface area contributed by atoms with Crippen LogP contribution in [0, 0.1) is 12.7 Å². The molecule has 0 radical (unpaired) electrons. The average Bonchev–Trinajstić information content (AvgIpc) is 2.76. The minimum absolute atomic E-state index is 0.273. The van der Waals surface area contributed by atoms with Crippen molar-refractivity contribution in [2.24, 2.45) is 0 Å². The number of anilines is 1. The topological polar surface area (TPSA) is 29.3 Å². The van der Waals surface area contributed by atoms with E-state index >= 15 is 0 Å². The van der Waals surface area contributed by atoms with Crippen LogP contribution in [0.25, 0.3) is 5.65 Å². The molecule has 3 aromatic rings. The van der Waals surface area contributed by atoms with Crippen molar-refractivity contribution in [2.45, 2.75) is 13.5 Å². The number of nitrogens with one attached hydrogen (secondary N) is 1. The molecular formula is C15H13BrFN3. The first-order valence-corrected chi connectivity index (χ1v) is 7.06. The van der Waals surface area contributed by atoms with E-state index in [1.807, 2.05) is 41.8 Å². The monoisotopic (exact) mass is 333 g/mol. The van der Waals surface area contributed by atoms with Crippen molar-refractivity contribution < 1.29 is 4.39 Å². The molecule has 3 nitrogen and oxygen atoms in total. The summed E-state index contributed by atoms with van der Waals surface area (Å²) in [6.45, 7) is 2.57. The van der Waals surface area contributed by atoms with Crippen LogP contribution in [0.1, 0.15) is 11.4 Å². The van der Waals surface area contributed by atoms with Crippen LogP contribution in [-0.2, 0) is 6.54 Å². The van der Waals surface area contributed by atoms with Gasteiger partial charge in [0.1, 0.15) is 11.5 Å². The van der Waals surface area contributed by atoms with E-state index in [0.717, 1.165) is 22.7 Å². The largest absolute Gasteiger partial charge is 0.379 e. The zero-order valence-electron chi connectivity index (χ0n) is 10.9. The summed E-state index contributed by atoms with van der Waals surface area (Å²) < 4.78 is 16.0. The summed E-state index contributed by atoms with van der Waals surface area (Å²) in [7, 11) is 0. The fourth-order valence-corrected chi connectivity index (χ4v) is 2.42. The summed E-state index contributed by atoms with van der Waals surface area (Å²) >= 11 is 3.15. The number of aryl methyl sites for hydroxylation is 1. The molecule has 5 heteroatoms. The van der Waals surface area contributed by atoms with Gasteiger partial charge in [-0.05, 0) is 53.2 Å². The molecule has 0 aliphatic rings. The van der Waals surface area contributed by atoms with Gasteiger partial charge in [-0.1, -0.05) is 6.07 Å². The summed E-state index contributed by atoms with van der Waals surface area (Å²) in [4.78, 5) is 4.50. The number of aromatic nitrogens is 2. The van der Waals surface area contributed by atoms with Crippen molar-refractivity contribution in [3.63, 3.8) is 0 Å². The average molecular weight is 334 g/mol. The highest BCUT2D eigenvalue weighted by molar-refractivity contribution is 9.10. The van der Waals surface area contributed by atoms with Crippen LogP contribution >= 0.6 is 15.9 Å². The van der Waals surface area contributed by atoms with Gasteiger partial charge in [-0.2, -0.15) is 0 Å². The fourth-order valence-electron chi connectivity index (χ4n) is 2.17. The summed E-state index contributed by atoms with van der Waals surface area (Å²) in [6, 6.07) is 10.9. The zero-order chi connectivity index (χ0) is 14.1. The molecule has 0 fully saturated rings. The van der Waals surface area contributed by atoms with Gasteiger partial charge in [0.2, 0.25) is 0 Å². The van der Waals surface area contributed by atoms with Crippen molar-refractivity contribution in [1.29, 1.82) is 0 Å². The van der Waals surface area contributed by atoms with Gasteiger partial charge in [0, 0.05) is 11.9 Å². The Hall–Kier alpha value is -1.88. The van der Waals surface area contributed by atoms with Gasteiger partial charge in [-0.3, -0.25) is 0 Å². The second-order valence-electron chi connectivity index (χ2n) is 4.56. The first-order chi connectivity index (χ1) is 9.65. The molecule has 0 atom stereocenters. The first kappa shape index (κ1) is 13.1. The third kappa shape index (κ3) is 2.41. The Labute approximate surface area is 124 Å². The van der Waals surface area contributed by atoms with Crippen LogP contribution in [0.3, 0.4) is 0 Å². The summed E-state index contributed by atoms with van der Waals surface area (Å²) in [6.07, 6.45) is 1.98. The molecule has 1 aromatic carbocycles. The molecule has 2 heterocycles. The zero-order valence-corrected chi connectivity index (χ0v) is 12.5. The molecule has 20 heavy (non-hydrogen) atoms. The van der Waals surface area contributed by atoms with E-state index in [2.05, 4.69) is 26.2 Å². The lowest BCUT2D eigenvalue weighted by atomic mass is 10.3. The third-order valence-corrected chi connectivity index (χ3v) is 3.85. The minimum atomic E-state index is -0.273. The molecule has 2 aromatic heterocycles. The third-order valence-electron chi connectivity index (χ3n) is 3.21. The Kier molecular flexibility index (Phi) is 3.44. The Morgan fingerprint density at radius 2 is 2.15 bits per heavy atom.